The van der Waals surface area contributed by atoms with Crippen LogP contribution in [0.2, 0.25) is 0 Å². The van der Waals surface area contributed by atoms with Crippen molar-refractivity contribution >= 4 is 33.6 Å². The zero-order valence-electron chi connectivity index (χ0n) is 13.2. The molecule has 6 nitrogen and oxygen atoms in total. The molecule has 1 aromatic carbocycles. The summed E-state index contributed by atoms with van der Waals surface area (Å²) in [5.41, 5.74) is 2.96. The number of hydrogen-bond acceptors (Lipinski definition) is 4. The Morgan fingerprint density at radius 3 is 2.92 bits per heavy atom. The largest absolute Gasteiger partial charge is 0.329 e. The predicted octanol–water partition coefficient (Wildman–Crippen LogP) is 4.17. The highest BCUT2D eigenvalue weighted by atomic mass is 15.2. The van der Waals surface area contributed by atoms with Crippen LogP contribution < -0.4 is 5.32 Å². The van der Waals surface area contributed by atoms with Crippen LogP contribution in [0.1, 0.15) is 31.7 Å². The van der Waals surface area contributed by atoms with E-state index in [1.165, 1.54) is 25.7 Å². The molecular formula is C18H18N6. The number of aromatic nitrogens is 5. The van der Waals surface area contributed by atoms with Crippen molar-refractivity contribution in [1.29, 1.82) is 0 Å². The van der Waals surface area contributed by atoms with Gasteiger partial charge in [-0.25, -0.2) is 4.98 Å². The first-order chi connectivity index (χ1) is 11.9. The Bertz CT molecular complexity index is 1010. The van der Waals surface area contributed by atoms with E-state index in [4.69, 9.17) is 4.98 Å². The third-order valence-electron chi connectivity index (χ3n) is 4.87. The van der Waals surface area contributed by atoms with Crippen molar-refractivity contribution in [3.05, 3.63) is 42.9 Å². The van der Waals surface area contributed by atoms with Crippen LogP contribution in [0.3, 0.4) is 0 Å². The van der Waals surface area contributed by atoms with Crippen molar-refractivity contribution < 1.29 is 0 Å². The lowest BCUT2D eigenvalue weighted by Gasteiger charge is -2.13. The van der Waals surface area contributed by atoms with Crippen molar-refractivity contribution in [2.75, 3.05) is 5.32 Å². The number of fused-ring (bicyclic) bond motifs is 2. The third kappa shape index (κ3) is 2.22. The molecule has 1 fully saturated rings. The summed E-state index contributed by atoms with van der Waals surface area (Å²) in [4.78, 5) is 9.21. The number of nitrogens with one attached hydrogen (secondary N) is 2. The maximum absolute atomic E-state index is 4.76. The second kappa shape index (κ2) is 5.33. The molecule has 120 valence electrons. The van der Waals surface area contributed by atoms with Gasteiger partial charge in [-0.2, -0.15) is 10.1 Å². The highest BCUT2D eigenvalue weighted by Gasteiger charge is 2.19. The maximum Gasteiger partial charge on any atom is 0.229 e. The molecule has 1 aliphatic rings. The lowest BCUT2D eigenvalue weighted by molar-refractivity contribution is 0.532. The first kappa shape index (κ1) is 13.5. The molecule has 4 aromatic rings. The van der Waals surface area contributed by atoms with E-state index in [0.717, 1.165) is 27.6 Å². The Hall–Kier alpha value is -2.89. The molecule has 3 aromatic heterocycles. The molecule has 0 amide bonds. The fourth-order valence-corrected chi connectivity index (χ4v) is 3.62. The van der Waals surface area contributed by atoms with Gasteiger partial charge in [-0.15, -0.1) is 0 Å². The molecule has 0 bridgehead atoms. The van der Waals surface area contributed by atoms with Crippen LogP contribution in [0.25, 0.3) is 21.9 Å². The number of anilines is 2. The van der Waals surface area contributed by atoms with Gasteiger partial charge in [-0.3, -0.25) is 5.10 Å². The predicted molar refractivity (Wildman–Crippen MR) is 94.4 cm³/mol. The van der Waals surface area contributed by atoms with Crippen LogP contribution in [-0.4, -0.2) is 24.7 Å². The van der Waals surface area contributed by atoms with Crippen molar-refractivity contribution in [2.24, 2.45) is 0 Å². The molecule has 1 aliphatic carbocycles. The Morgan fingerprint density at radius 1 is 1.08 bits per heavy atom. The monoisotopic (exact) mass is 318 g/mol. The van der Waals surface area contributed by atoms with Crippen LogP contribution in [0, 0.1) is 0 Å². The summed E-state index contributed by atoms with van der Waals surface area (Å²) in [7, 11) is 0. The maximum atomic E-state index is 4.76. The van der Waals surface area contributed by atoms with Gasteiger partial charge in [0.05, 0.1) is 11.7 Å². The number of nitrogens with zero attached hydrogens (tertiary/aromatic N) is 4. The minimum Gasteiger partial charge on any atom is -0.329 e. The van der Waals surface area contributed by atoms with E-state index in [0.29, 0.717) is 12.0 Å². The second-order valence-electron chi connectivity index (χ2n) is 6.43. The van der Waals surface area contributed by atoms with E-state index in [1.54, 1.807) is 0 Å². The van der Waals surface area contributed by atoms with Gasteiger partial charge in [0.25, 0.3) is 0 Å². The second-order valence-corrected chi connectivity index (χ2v) is 6.43. The number of H-pyrrole nitrogens is 1. The highest BCUT2D eigenvalue weighted by Crippen LogP contribution is 2.32. The topological polar surface area (TPSA) is 71.4 Å². The number of hydrogen-bond donors (Lipinski definition) is 2. The molecule has 0 saturated heterocycles. The smallest absolute Gasteiger partial charge is 0.229 e. The summed E-state index contributed by atoms with van der Waals surface area (Å²) in [6.45, 7) is 0. The molecule has 5 rings (SSSR count). The van der Waals surface area contributed by atoms with Gasteiger partial charge in [-0.1, -0.05) is 12.8 Å². The summed E-state index contributed by atoms with van der Waals surface area (Å²) in [6.07, 6.45) is 11.0. The Morgan fingerprint density at radius 2 is 2.00 bits per heavy atom. The average molecular weight is 318 g/mol. The first-order valence-corrected chi connectivity index (χ1v) is 8.40. The van der Waals surface area contributed by atoms with Gasteiger partial charge in [0, 0.05) is 34.9 Å². The Labute approximate surface area is 138 Å². The van der Waals surface area contributed by atoms with Gasteiger partial charge in [0.15, 0.2) is 0 Å². The van der Waals surface area contributed by atoms with Crippen molar-refractivity contribution in [3.8, 4) is 0 Å². The SMILES string of the molecule is c1cc2cn[nH]c2cc1Nc1ncc2ccn(C3CCCC3)c2n1. The normalized spacial score (nSPS) is 15.5. The zero-order valence-corrected chi connectivity index (χ0v) is 13.2. The Kier molecular flexibility index (Phi) is 3.01. The number of benzene rings is 1. The van der Waals surface area contributed by atoms with Crippen LogP contribution in [0.4, 0.5) is 11.6 Å². The van der Waals surface area contributed by atoms with E-state index in [2.05, 4.69) is 37.3 Å². The standard InChI is InChI=1S/C18H18N6/c1-2-4-15(3-1)24-8-7-13-10-19-18(22-17(13)24)21-14-6-5-12-11-20-23-16(12)9-14/h5-11,15H,1-4H2,(H,20,23)(H,19,21,22). The highest BCUT2D eigenvalue weighted by molar-refractivity contribution is 5.83. The van der Waals surface area contributed by atoms with E-state index in [-0.39, 0.29) is 0 Å². The minimum atomic E-state index is 0.576. The number of aromatic amines is 1. The fourth-order valence-electron chi connectivity index (χ4n) is 3.62. The van der Waals surface area contributed by atoms with Gasteiger partial charge in [0.2, 0.25) is 5.95 Å². The van der Waals surface area contributed by atoms with Crippen molar-refractivity contribution in [1.82, 2.24) is 24.7 Å². The molecule has 0 unspecified atom stereocenters. The van der Waals surface area contributed by atoms with Crippen LogP contribution in [0.5, 0.6) is 0 Å². The zero-order chi connectivity index (χ0) is 15.9. The van der Waals surface area contributed by atoms with Gasteiger partial charge in [-0.05, 0) is 37.1 Å². The van der Waals surface area contributed by atoms with Gasteiger partial charge < -0.3 is 9.88 Å². The first-order valence-electron chi connectivity index (χ1n) is 8.40. The Balaban J connectivity index is 1.50. The molecule has 6 heteroatoms. The lowest BCUT2D eigenvalue weighted by Crippen LogP contribution is -2.05. The van der Waals surface area contributed by atoms with Gasteiger partial charge >= 0.3 is 0 Å². The fraction of sp³-hybridized carbons (Fsp3) is 0.278. The molecule has 0 aliphatic heterocycles. The summed E-state index contributed by atoms with van der Waals surface area (Å²) in [6, 6.07) is 8.74. The van der Waals surface area contributed by atoms with Crippen LogP contribution in [0.15, 0.2) is 42.9 Å². The minimum absolute atomic E-state index is 0.576. The molecule has 0 spiro atoms. The summed E-state index contributed by atoms with van der Waals surface area (Å²) in [5, 5.41) is 12.5. The molecule has 2 N–H and O–H groups in total. The van der Waals surface area contributed by atoms with Crippen LogP contribution >= 0.6 is 0 Å². The lowest BCUT2D eigenvalue weighted by atomic mass is 10.2. The van der Waals surface area contributed by atoms with E-state index in [9.17, 15) is 0 Å². The van der Waals surface area contributed by atoms with Crippen molar-refractivity contribution in [2.45, 2.75) is 31.7 Å². The van der Waals surface area contributed by atoms with Crippen molar-refractivity contribution in [3.63, 3.8) is 0 Å². The molecule has 1 saturated carbocycles. The molecule has 0 radical (unpaired) electrons. The molecule has 3 heterocycles. The van der Waals surface area contributed by atoms with E-state index >= 15 is 0 Å². The third-order valence-corrected chi connectivity index (χ3v) is 4.87. The van der Waals surface area contributed by atoms with E-state index in [1.807, 2.05) is 30.6 Å². The summed E-state index contributed by atoms with van der Waals surface area (Å²) >= 11 is 0. The number of rotatable bonds is 3. The quantitative estimate of drug-likeness (QED) is 0.595. The summed E-state index contributed by atoms with van der Waals surface area (Å²) < 4.78 is 2.31. The average Bonchev–Trinajstić information content (AvgIpc) is 3.34. The molecular weight excluding hydrogens is 300 g/mol. The van der Waals surface area contributed by atoms with Gasteiger partial charge in [0.1, 0.15) is 5.65 Å². The van der Waals surface area contributed by atoms with E-state index < -0.39 is 0 Å². The molecule has 24 heavy (non-hydrogen) atoms. The summed E-state index contributed by atoms with van der Waals surface area (Å²) in [5.74, 6) is 0.624. The molecule has 0 atom stereocenters. The van der Waals surface area contributed by atoms with Crippen LogP contribution in [-0.2, 0) is 0 Å².